The van der Waals surface area contributed by atoms with Gasteiger partial charge in [0.2, 0.25) is 10.0 Å². The van der Waals surface area contributed by atoms with Gasteiger partial charge in [-0.15, -0.1) is 0 Å². The zero-order chi connectivity index (χ0) is 15.8. The minimum absolute atomic E-state index is 0.0103. The third kappa shape index (κ3) is 3.21. The van der Waals surface area contributed by atoms with Crippen molar-refractivity contribution in [3.05, 3.63) is 28.8 Å². The van der Waals surface area contributed by atoms with Crippen LogP contribution in [-0.4, -0.2) is 48.1 Å². The number of benzene rings is 1. The second-order valence-corrected chi connectivity index (χ2v) is 7.49. The monoisotopic (exact) mass is 333 g/mol. The molecule has 0 saturated carbocycles. The summed E-state index contributed by atoms with van der Waals surface area (Å²) in [5.74, 6) is -1.45. The van der Waals surface area contributed by atoms with Gasteiger partial charge in [0, 0.05) is 13.1 Å². The van der Waals surface area contributed by atoms with Crippen molar-refractivity contribution in [3.8, 4) is 0 Å². The molecule has 0 aliphatic carbocycles. The van der Waals surface area contributed by atoms with Crippen molar-refractivity contribution >= 4 is 27.6 Å². The van der Waals surface area contributed by atoms with E-state index < -0.39 is 22.1 Å². The minimum Gasteiger partial charge on any atom is -0.478 e. The number of rotatable bonds is 3. The Balaban J connectivity index is 2.36. The highest BCUT2D eigenvalue weighted by Crippen LogP contribution is 2.26. The molecule has 1 aliphatic heterocycles. The molecule has 21 heavy (non-hydrogen) atoms. The SMILES string of the molecule is CC1CN(S(=O)(=O)c2ccc(Cl)c(C(=O)O)c2)CCC1O. The third-order valence-electron chi connectivity index (χ3n) is 3.63. The number of aliphatic hydroxyl groups is 1. The molecule has 2 atom stereocenters. The molecular formula is C13H16ClNO5S. The Labute approximate surface area is 128 Å². The van der Waals surface area contributed by atoms with E-state index in [2.05, 4.69) is 0 Å². The number of hydrogen-bond donors (Lipinski definition) is 2. The van der Waals surface area contributed by atoms with Gasteiger partial charge in [-0.05, 0) is 30.5 Å². The summed E-state index contributed by atoms with van der Waals surface area (Å²) >= 11 is 5.75. The Morgan fingerprint density at radius 2 is 2.10 bits per heavy atom. The standard InChI is InChI=1S/C13H16ClNO5S/c1-8-7-15(5-4-12(8)16)21(19,20)9-2-3-11(14)10(6-9)13(17)18/h2-3,6,8,12,16H,4-5,7H2,1H3,(H,17,18). The zero-order valence-electron chi connectivity index (χ0n) is 11.4. The van der Waals surface area contributed by atoms with Crippen LogP contribution in [0.2, 0.25) is 5.02 Å². The lowest BCUT2D eigenvalue weighted by Crippen LogP contribution is -2.44. The molecule has 1 saturated heterocycles. The van der Waals surface area contributed by atoms with Crippen LogP contribution in [-0.2, 0) is 10.0 Å². The topological polar surface area (TPSA) is 94.9 Å². The molecule has 2 N–H and O–H groups in total. The molecule has 0 aromatic heterocycles. The summed E-state index contributed by atoms with van der Waals surface area (Å²) in [4.78, 5) is 10.9. The van der Waals surface area contributed by atoms with E-state index in [1.165, 1.54) is 16.4 Å². The highest BCUT2D eigenvalue weighted by atomic mass is 35.5. The number of halogens is 1. The predicted octanol–water partition coefficient (Wildman–Crippen LogP) is 1.43. The maximum absolute atomic E-state index is 12.5. The first kappa shape index (κ1) is 16.2. The number of hydrogen-bond acceptors (Lipinski definition) is 4. The van der Waals surface area contributed by atoms with E-state index in [1.807, 2.05) is 0 Å². The zero-order valence-corrected chi connectivity index (χ0v) is 12.9. The third-order valence-corrected chi connectivity index (χ3v) is 5.82. The number of nitrogens with zero attached hydrogens (tertiary/aromatic N) is 1. The number of sulfonamides is 1. The second kappa shape index (κ2) is 5.92. The lowest BCUT2D eigenvalue weighted by Gasteiger charge is -2.33. The van der Waals surface area contributed by atoms with Crippen molar-refractivity contribution in [2.45, 2.75) is 24.3 Å². The Hall–Kier alpha value is -1.15. The van der Waals surface area contributed by atoms with Crippen molar-refractivity contribution in [2.24, 2.45) is 5.92 Å². The molecule has 1 heterocycles. The van der Waals surface area contributed by atoms with Crippen molar-refractivity contribution in [3.63, 3.8) is 0 Å². The van der Waals surface area contributed by atoms with E-state index in [0.29, 0.717) is 6.42 Å². The quantitative estimate of drug-likeness (QED) is 0.872. The van der Waals surface area contributed by atoms with Crippen LogP contribution in [0.4, 0.5) is 0 Å². The van der Waals surface area contributed by atoms with Gasteiger partial charge in [-0.1, -0.05) is 18.5 Å². The largest absolute Gasteiger partial charge is 0.478 e. The van der Waals surface area contributed by atoms with Crippen LogP contribution in [0, 0.1) is 5.92 Å². The van der Waals surface area contributed by atoms with Crippen molar-refractivity contribution in [1.82, 2.24) is 4.31 Å². The van der Waals surface area contributed by atoms with E-state index >= 15 is 0 Å². The first-order valence-corrected chi connectivity index (χ1v) is 8.26. The molecule has 1 fully saturated rings. The summed E-state index contributed by atoms with van der Waals surface area (Å²) in [5.41, 5.74) is -0.247. The smallest absolute Gasteiger partial charge is 0.337 e. The predicted molar refractivity (Wildman–Crippen MR) is 77.0 cm³/mol. The molecule has 1 aromatic rings. The molecule has 0 amide bonds. The Morgan fingerprint density at radius 1 is 1.43 bits per heavy atom. The van der Waals surface area contributed by atoms with Gasteiger partial charge in [0.25, 0.3) is 0 Å². The number of carboxylic acids is 1. The molecule has 2 rings (SSSR count). The molecule has 0 bridgehead atoms. The van der Waals surface area contributed by atoms with Crippen molar-refractivity contribution in [1.29, 1.82) is 0 Å². The number of aliphatic hydroxyl groups excluding tert-OH is 1. The summed E-state index contributed by atoms with van der Waals surface area (Å²) in [6.45, 7) is 2.18. The van der Waals surface area contributed by atoms with E-state index in [1.54, 1.807) is 6.92 Å². The van der Waals surface area contributed by atoms with Gasteiger partial charge in [0.1, 0.15) is 0 Å². The highest BCUT2D eigenvalue weighted by Gasteiger charge is 2.33. The maximum Gasteiger partial charge on any atom is 0.337 e. The lowest BCUT2D eigenvalue weighted by atomic mass is 9.99. The molecule has 1 aliphatic rings. The van der Waals surface area contributed by atoms with Crippen molar-refractivity contribution < 1.29 is 23.4 Å². The summed E-state index contributed by atoms with van der Waals surface area (Å²) < 4.78 is 26.3. The van der Waals surface area contributed by atoms with Gasteiger partial charge in [-0.2, -0.15) is 4.31 Å². The fourth-order valence-corrected chi connectivity index (χ4v) is 4.07. The average molecular weight is 334 g/mol. The summed E-state index contributed by atoms with van der Waals surface area (Å²) in [6.07, 6.45) is -0.156. The molecule has 116 valence electrons. The number of carboxylic acid groups (broad SMARTS) is 1. The Bertz CT molecular complexity index is 661. The van der Waals surface area contributed by atoms with Crippen LogP contribution in [0.5, 0.6) is 0 Å². The average Bonchev–Trinajstić information content (AvgIpc) is 2.41. The second-order valence-electron chi connectivity index (χ2n) is 5.14. The van der Waals surface area contributed by atoms with E-state index in [0.717, 1.165) is 6.07 Å². The lowest BCUT2D eigenvalue weighted by molar-refractivity contribution is 0.0628. The van der Waals surface area contributed by atoms with Gasteiger partial charge in [0.15, 0.2) is 0 Å². The van der Waals surface area contributed by atoms with Gasteiger partial charge in [-0.25, -0.2) is 13.2 Å². The van der Waals surface area contributed by atoms with Gasteiger partial charge < -0.3 is 10.2 Å². The maximum atomic E-state index is 12.5. The van der Waals surface area contributed by atoms with Crippen LogP contribution < -0.4 is 0 Å². The Kier molecular flexibility index (Phi) is 4.57. The Morgan fingerprint density at radius 3 is 2.67 bits per heavy atom. The highest BCUT2D eigenvalue weighted by molar-refractivity contribution is 7.89. The van der Waals surface area contributed by atoms with Gasteiger partial charge in [-0.3, -0.25) is 0 Å². The molecule has 0 spiro atoms. The first-order valence-electron chi connectivity index (χ1n) is 6.44. The molecule has 0 radical (unpaired) electrons. The van der Waals surface area contributed by atoms with Crippen LogP contribution in [0.1, 0.15) is 23.7 Å². The molecule has 6 nitrogen and oxygen atoms in total. The summed E-state index contributed by atoms with van der Waals surface area (Å²) in [6, 6.07) is 3.62. The molecule has 2 unspecified atom stereocenters. The minimum atomic E-state index is -3.79. The van der Waals surface area contributed by atoms with Gasteiger partial charge in [0.05, 0.1) is 21.6 Å². The van der Waals surface area contributed by atoms with E-state index in [4.69, 9.17) is 16.7 Å². The fraction of sp³-hybridized carbons (Fsp3) is 0.462. The summed E-state index contributed by atoms with van der Waals surface area (Å²) in [7, 11) is -3.79. The van der Waals surface area contributed by atoms with Crippen LogP contribution in [0.25, 0.3) is 0 Å². The number of piperidine rings is 1. The molecule has 8 heteroatoms. The molecular weight excluding hydrogens is 318 g/mol. The van der Waals surface area contributed by atoms with Crippen molar-refractivity contribution in [2.75, 3.05) is 13.1 Å². The van der Waals surface area contributed by atoms with Gasteiger partial charge >= 0.3 is 5.97 Å². The van der Waals surface area contributed by atoms with E-state index in [9.17, 15) is 18.3 Å². The van der Waals surface area contributed by atoms with Crippen LogP contribution in [0.15, 0.2) is 23.1 Å². The normalized spacial score (nSPS) is 24.0. The first-order chi connectivity index (χ1) is 9.73. The fourth-order valence-electron chi connectivity index (χ4n) is 2.29. The van der Waals surface area contributed by atoms with Crippen LogP contribution >= 0.6 is 11.6 Å². The van der Waals surface area contributed by atoms with Crippen LogP contribution in [0.3, 0.4) is 0 Å². The number of carbonyl (C=O) groups is 1. The van der Waals surface area contributed by atoms with E-state index in [-0.39, 0.29) is 34.5 Å². The molecule has 1 aromatic carbocycles. The number of aromatic carboxylic acids is 1. The summed E-state index contributed by atoms with van der Waals surface area (Å²) in [5, 5.41) is 18.7.